The van der Waals surface area contributed by atoms with Crippen LogP contribution in [0.3, 0.4) is 0 Å². The van der Waals surface area contributed by atoms with Gasteiger partial charge in [-0.25, -0.2) is 4.39 Å². The fourth-order valence-electron chi connectivity index (χ4n) is 1.52. The second-order valence-electron chi connectivity index (χ2n) is 3.18. The van der Waals surface area contributed by atoms with E-state index in [1.807, 2.05) is 0 Å². The van der Waals surface area contributed by atoms with Crippen molar-refractivity contribution in [1.29, 1.82) is 0 Å². The molecule has 1 atom stereocenters. The Kier molecular flexibility index (Phi) is 11.0. The first-order chi connectivity index (χ1) is 5.33. The van der Waals surface area contributed by atoms with E-state index < -0.39 is 6.17 Å². The van der Waals surface area contributed by atoms with Gasteiger partial charge in [0, 0.05) is 6.54 Å². The minimum Gasteiger partial charge on any atom is -0.330 e. The maximum atomic E-state index is 12.8. The Labute approximate surface area is 91.9 Å². The molecule has 1 heterocycles. The lowest BCUT2D eigenvalue weighted by Crippen LogP contribution is -2.37. The Hall–Kier alpha value is 0.430. The van der Waals surface area contributed by atoms with E-state index in [1.54, 1.807) is 0 Å². The predicted octanol–water partition coefficient (Wildman–Crippen LogP) is 1.61. The van der Waals surface area contributed by atoms with Crippen molar-refractivity contribution in [2.45, 2.75) is 25.4 Å². The van der Waals surface area contributed by atoms with Crippen molar-refractivity contribution in [3.8, 4) is 0 Å². The molecule has 2 nitrogen and oxygen atoms in total. The van der Waals surface area contributed by atoms with Gasteiger partial charge in [0.1, 0.15) is 6.17 Å². The quantitative estimate of drug-likeness (QED) is 0.802. The number of piperidine rings is 1. The zero-order valence-corrected chi connectivity index (χ0v) is 9.38. The second-order valence-corrected chi connectivity index (χ2v) is 3.18. The molecule has 0 aromatic heterocycles. The van der Waals surface area contributed by atoms with Crippen molar-refractivity contribution in [3.05, 3.63) is 0 Å². The highest BCUT2D eigenvalue weighted by Crippen LogP contribution is 2.12. The van der Waals surface area contributed by atoms with Gasteiger partial charge in [-0.3, -0.25) is 0 Å². The average Bonchev–Trinajstić information content (AvgIpc) is 2.01. The summed E-state index contributed by atoms with van der Waals surface area (Å²) in [6.45, 7) is 3.37. The first-order valence-electron chi connectivity index (χ1n) is 4.39. The number of hydrogen-bond acceptors (Lipinski definition) is 2. The standard InChI is InChI=1S/C8H17FN2.2ClH/c9-8-3-1-5-11(7-8)6-2-4-10;;/h8H,1-7,10H2;2*1H. The van der Waals surface area contributed by atoms with Crippen molar-refractivity contribution >= 4 is 24.8 Å². The molecule has 0 aromatic rings. The SMILES string of the molecule is Cl.Cl.NCCCN1CCCC(F)C1. The summed E-state index contributed by atoms with van der Waals surface area (Å²) in [5, 5.41) is 0. The van der Waals surface area contributed by atoms with Crippen LogP contribution in [0.15, 0.2) is 0 Å². The number of nitrogens with two attached hydrogens (primary N) is 1. The molecule has 1 aliphatic rings. The highest BCUT2D eigenvalue weighted by Gasteiger charge is 2.17. The molecule has 1 unspecified atom stereocenters. The summed E-state index contributed by atoms with van der Waals surface area (Å²) in [6, 6.07) is 0. The molecule has 5 heteroatoms. The minimum atomic E-state index is -0.596. The highest BCUT2D eigenvalue weighted by molar-refractivity contribution is 5.85. The number of hydrogen-bond donors (Lipinski definition) is 1. The number of rotatable bonds is 3. The van der Waals surface area contributed by atoms with Crippen LogP contribution in [-0.2, 0) is 0 Å². The van der Waals surface area contributed by atoms with Crippen LogP contribution in [0, 0.1) is 0 Å². The number of nitrogens with zero attached hydrogens (tertiary/aromatic N) is 1. The molecule has 0 bridgehead atoms. The number of likely N-dealkylation sites (tertiary alicyclic amines) is 1. The summed E-state index contributed by atoms with van der Waals surface area (Å²) < 4.78 is 12.8. The summed E-state index contributed by atoms with van der Waals surface area (Å²) in [4.78, 5) is 2.17. The lowest BCUT2D eigenvalue weighted by atomic mass is 10.1. The van der Waals surface area contributed by atoms with E-state index in [1.165, 1.54) is 0 Å². The molecule has 1 rings (SSSR count). The molecule has 2 N–H and O–H groups in total. The van der Waals surface area contributed by atoms with E-state index in [0.717, 1.165) is 32.4 Å². The number of alkyl halides is 1. The Bertz CT molecular complexity index is 116. The van der Waals surface area contributed by atoms with Crippen molar-refractivity contribution < 1.29 is 4.39 Å². The van der Waals surface area contributed by atoms with E-state index >= 15 is 0 Å². The third kappa shape index (κ3) is 6.49. The molecule has 0 aromatic carbocycles. The molecule has 1 aliphatic heterocycles. The molecule has 82 valence electrons. The van der Waals surface area contributed by atoms with Crippen LogP contribution < -0.4 is 5.73 Å². The molecule has 0 spiro atoms. The van der Waals surface area contributed by atoms with E-state index in [9.17, 15) is 4.39 Å². The smallest absolute Gasteiger partial charge is 0.113 e. The third-order valence-electron chi connectivity index (χ3n) is 2.13. The van der Waals surface area contributed by atoms with Crippen molar-refractivity contribution in [3.63, 3.8) is 0 Å². The summed E-state index contributed by atoms with van der Waals surface area (Å²) >= 11 is 0. The molecular formula is C8H19Cl2FN2. The molecule has 13 heavy (non-hydrogen) atoms. The van der Waals surface area contributed by atoms with Crippen LogP contribution in [0.5, 0.6) is 0 Å². The van der Waals surface area contributed by atoms with E-state index in [0.29, 0.717) is 13.1 Å². The normalized spacial score (nSPS) is 23.1. The largest absolute Gasteiger partial charge is 0.330 e. The molecule has 1 fully saturated rings. The first-order valence-corrected chi connectivity index (χ1v) is 4.39. The zero-order valence-electron chi connectivity index (χ0n) is 7.75. The molecular weight excluding hydrogens is 214 g/mol. The summed E-state index contributed by atoms with van der Waals surface area (Å²) in [5.74, 6) is 0. The molecule has 0 radical (unpaired) electrons. The highest BCUT2D eigenvalue weighted by atomic mass is 35.5. The van der Waals surface area contributed by atoms with Gasteiger partial charge >= 0.3 is 0 Å². The Morgan fingerprint density at radius 2 is 2.08 bits per heavy atom. The van der Waals surface area contributed by atoms with E-state index in [4.69, 9.17) is 5.73 Å². The van der Waals surface area contributed by atoms with Crippen molar-refractivity contribution in [2.75, 3.05) is 26.2 Å². The Morgan fingerprint density at radius 1 is 1.38 bits per heavy atom. The van der Waals surface area contributed by atoms with Crippen LogP contribution in [0.4, 0.5) is 4.39 Å². The van der Waals surface area contributed by atoms with Crippen molar-refractivity contribution in [1.82, 2.24) is 4.90 Å². The number of halogens is 3. The average molecular weight is 233 g/mol. The summed E-state index contributed by atoms with van der Waals surface area (Å²) in [7, 11) is 0. The van der Waals surface area contributed by atoms with Crippen LogP contribution in [0.2, 0.25) is 0 Å². The molecule has 1 saturated heterocycles. The monoisotopic (exact) mass is 232 g/mol. The molecule has 0 amide bonds. The lowest BCUT2D eigenvalue weighted by Gasteiger charge is -2.28. The van der Waals surface area contributed by atoms with Gasteiger partial charge in [0.15, 0.2) is 0 Å². The third-order valence-corrected chi connectivity index (χ3v) is 2.13. The van der Waals surface area contributed by atoms with Gasteiger partial charge in [-0.05, 0) is 38.9 Å². The summed E-state index contributed by atoms with van der Waals surface area (Å²) in [5.41, 5.74) is 5.36. The first kappa shape index (κ1) is 15.9. The topological polar surface area (TPSA) is 29.3 Å². The van der Waals surface area contributed by atoms with Gasteiger partial charge in [0.05, 0.1) is 0 Å². The molecule has 0 aliphatic carbocycles. The van der Waals surface area contributed by atoms with Gasteiger partial charge in [0.2, 0.25) is 0 Å². The minimum absolute atomic E-state index is 0. The maximum Gasteiger partial charge on any atom is 0.113 e. The Morgan fingerprint density at radius 3 is 2.62 bits per heavy atom. The van der Waals surface area contributed by atoms with Gasteiger partial charge in [-0.2, -0.15) is 0 Å². The lowest BCUT2D eigenvalue weighted by molar-refractivity contribution is 0.138. The van der Waals surface area contributed by atoms with Gasteiger partial charge in [0.25, 0.3) is 0 Å². The fourth-order valence-corrected chi connectivity index (χ4v) is 1.52. The van der Waals surface area contributed by atoms with Gasteiger partial charge in [-0.15, -0.1) is 24.8 Å². The maximum absolute atomic E-state index is 12.8. The van der Waals surface area contributed by atoms with Crippen LogP contribution in [0.1, 0.15) is 19.3 Å². The van der Waals surface area contributed by atoms with E-state index in [-0.39, 0.29) is 24.8 Å². The zero-order chi connectivity index (χ0) is 8.10. The Balaban J connectivity index is 0. The van der Waals surface area contributed by atoms with Crippen LogP contribution in [0.25, 0.3) is 0 Å². The van der Waals surface area contributed by atoms with Gasteiger partial charge in [-0.1, -0.05) is 0 Å². The van der Waals surface area contributed by atoms with Crippen LogP contribution in [-0.4, -0.2) is 37.3 Å². The summed E-state index contributed by atoms with van der Waals surface area (Å²) in [6.07, 6.45) is 2.15. The van der Waals surface area contributed by atoms with E-state index in [2.05, 4.69) is 4.90 Å². The fraction of sp³-hybridized carbons (Fsp3) is 1.00. The van der Waals surface area contributed by atoms with Crippen LogP contribution >= 0.6 is 24.8 Å². The molecule has 0 saturated carbocycles. The second kappa shape index (κ2) is 9.00. The van der Waals surface area contributed by atoms with Crippen molar-refractivity contribution in [2.24, 2.45) is 5.73 Å². The predicted molar refractivity (Wildman–Crippen MR) is 58.7 cm³/mol. The van der Waals surface area contributed by atoms with Gasteiger partial charge < -0.3 is 10.6 Å².